The Labute approximate surface area is 186 Å². The summed E-state index contributed by atoms with van der Waals surface area (Å²) in [5, 5.41) is 4.76. The zero-order chi connectivity index (χ0) is 22.7. The third kappa shape index (κ3) is 4.59. The molecule has 1 aromatic carbocycles. The van der Waals surface area contributed by atoms with Gasteiger partial charge in [-0.2, -0.15) is 5.10 Å². The number of piperazine rings is 1. The number of thioether (sulfide) groups is 1. The predicted octanol–water partition coefficient (Wildman–Crippen LogP) is 1.64. The van der Waals surface area contributed by atoms with Crippen LogP contribution in [0.25, 0.3) is 16.7 Å². The van der Waals surface area contributed by atoms with Gasteiger partial charge in [0, 0.05) is 26.2 Å². The largest absolute Gasteiger partial charge is 0.450 e. The third-order valence-corrected chi connectivity index (χ3v) is 5.84. The minimum atomic E-state index is -0.381. The van der Waals surface area contributed by atoms with Crippen LogP contribution in [0.3, 0.4) is 0 Å². The maximum atomic E-state index is 13.2. The number of ether oxygens (including phenoxy) is 1. The quantitative estimate of drug-likeness (QED) is 0.455. The number of carbonyl (C=O) groups is 2. The van der Waals surface area contributed by atoms with Crippen LogP contribution in [0.15, 0.2) is 40.4 Å². The second-order valence-corrected chi connectivity index (χ2v) is 7.96. The van der Waals surface area contributed by atoms with Crippen LogP contribution in [0.1, 0.15) is 6.92 Å². The molecule has 0 radical (unpaired) electrons. The van der Waals surface area contributed by atoms with E-state index in [4.69, 9.17) is 4.74 Å². The lowest BCUT2D eigenvalue weighted by Crippen LogP contribution is -2.51. The van der Waals surface area contributed by atoms with Crippen molar-refractivity contribution in [1.29, 1.82) is 0 Å². The Morgan fingerprint density at radius 3 is 2.53 bits per heavy atom. The summed E-state index contributed by atoms with van der Waals surface area (Å²) in [6.45, 7) is 3.71. The summed E-state index contributed by atoms with van der Waals surface area (Å²) in [4.78, 5) is 47.1. The molecule has 3 heterocycles. The zero-order valence-electron chi connectivity index (χ0n) is 17.3. The van der Waals surface area contributed by atoms with Crippen LogP contribution in [0.4, 0.5) is 9.18 Å². The van der Waals surface area contributed by atoms with Crippen molar-refractivity contribution in [1.82, 2.24) is 29.5 Å². The molecule has 1 N–H and O–H groups in total. The van der Waals surface area contributed by atoms with Crippen molar-refractivity contribution < 1.29 is 18.7 Å². The Bertz CT molecular complexity index is 1190. The van der Waals surface area contributed by atoms with Gasteiger partial charge in [-0.25, -0.2) is 18.9 Å². The van der Waals surface area contributed by atoms with E-state index in [1.54, 1.807) is 16.7 Å². The molecule has 0 bridgehead atoms. The molecule has 10 nitrogen and oxygen atoms in total. The molecule has 32 heavy (non-hydrogen) atoms. The highest BCUT2D eigenvalue weighted by Gasteiger charge is 2.25. The smallest absolute Gasteiger partial charge is 0.409 e. The summed E-state index contributed by atoms with van der Waals surface area (Å²) in [5.74, 6) is -0.416. The molecule has 3 aromatic rings. The first-order valence-corrected chi connectivity index (χ1v) is 11.0. The summed E-state index contributed by atoms with van der Waals surface area (Å²) in [6.07, 6.45) is 1.02. The summed E-state index contributed by atoms with van der Waals surface area (Å²) in [6, 6.07) is 5.67. The van der Waals surface area contributed by atoms with E-state index in [-0.39, 0.29) is 34.3 Å². The fraction of sp³-hybridized carbons (Fsp3) is 0.350. The van der Waals surface area contributed by atoms with Gasteiger partial charge in [0.25, 0.3) is 5.56 Å². The lowest BCUT2D eigenvalue weighted by atomic mass is 10.3. The molecule has 0 atom stereocenters. The van der Waals surface area contributed by atoms with E-state index >= 15 is 0 Å². The molecule has 0 saturated carbocycles. The Kier molecular flexibility index (Phi) is 6.40. The van der Waals surface area contributed by atoms with E-state index < -0.39 is 0 Å². The van der Waals surface area contributed by atoms with Crippen molar-refractivity contribution in [2.75, 3.05) is 38.5 Å². The number of rotatable bonds is 5. The van der Waals surface area contributed by atoms with Crippen molar-refractivity contribution in [3.05, 3.63) is 46.6 Å². The topological polar surface area (TPSA) is 113 Å². The number of amides is 2. The van der Waals surface area contributed by atoms with Crippen LogP contribution < -0.4 is 5.56 Å². The second-order valence-electron chi connectivity index (χ2n) is 7.00. The summed E-state index contributed by atoms with van der Waals surface area (Å²) in [7, 11) is 0. The van der Waals surface area contributed by atoms with Gasteiger partial charge < -0.3 is 19.5 Å². The van der Waals surface area contributed by atoms with Gasteiger partial charge in [-0.15, -0.1) is 0 Å². The summed E-state index contributed by atoms with van der Waals surface area (Å²) >= 11 is 1.11. The highest BCUT2D eigenvalue weighted by molar-refractivity contribution is 7.99. The molecule has 4 rings (SSSR count). The molecule has 1 fully saturated rings. The number of benzene rings is 1. The number of carbonyl (C=O) groups excluding carboxylic acids is 2. The van der Waals surface area contributed by atoms with Crippen LogP contribution in [-0.4, -0.2) is 80.1 Å². The number of nitrogens with one attached hydrogen (secondary N) is 1. The van der Waals surface area contributed by atoms with Crippen LogP contribution in [0.5, 0.6) is 0 Å². The first-order chi connectivity index (χ1) is 15.5. The van der Waals surface area contributed by atoms with Gasteiger partial charge in [-0.1, -0.05) is 11.8 Å². The summed E-state index contributed by atoms with van der Waals surface area (Å²) in [5.41, 5.74) is 0.505. The predicted molar refractivity (Wildman–Crippen MR) is 115 cm³/mol. The number of hydrogen-bond acceptors (Lipinski definition) is 7. The standard InChI is InChI=1S/C20H21FN6O4S/c1-2-31-20(30)26-9-7-25(8-10-26)16(28)12-32-19-23-17-15(18(29)24-19)11-22-27(17)14-5-3-13(21)4-6-14/h3-6,11H,2,7-10,12H2,1H3,(H,23,24,29). The van der Waals surface area contributed by atoms with E-state index in [0.717, 1.165) is 11.8 Å². The second kappa shape index (κ2) is 9.39. The monoisotopic (exact) mass is 460 g/mol. The molecule has 1 saturated heterocycles. The lowest BCUT2D eigenvalue weighted by Gasteiger charge is -2.34. The molecule has 2 amide bonds. The number of aromatic nitrogens is 4. The van der Waals surface area contributed by atoms with E-state index in [2.05, 4.69) is 15.1 Å². The van der Waals surface area contributed by atoms with Gasteiger partial charge in [0.1, 0.15) is 11.2 Å². The average molecular weight is 460 g/mol. The molecular formula is C20H21FN6O4S. The van der Waals surface area contributed by atoms with Gasteiger partial charge in [-0.05, 0) is 31.2 Å². The lowest BCUT2D eigenvalue weighted by molar-refractivity contribution is -0.129. The van der Waals surface area contributed by atoms with Crippen LogP contribution >= 0.6 is 11.8 Å². The molecule has 1 aliphatic heterocycles. The Morgan fingerprint density at radius 2 is 1.84 bits per heavy atom. The average Bonchev–Trinajstić information content (AvgIpc) is 3.23. The van der Waals surface area contributed by atoms with Gasteiger partial charge >= 0.3 is 6.09 Å². The van der Waals surface area contributed by atoms with E-state index in [9.17, 15) is 18.8 Å². The van der Waals surface area contributed by atoms with Crippen molar-refractivity contribution in [3.63, 3.8) is 0 Å². The van der Waals surface area contributed by atoms with Gasteiger partial charge in [-0.3, -0.25) is 9.59 Å². The zero-order valence-corrected chi connectivity index (χ0v) is 18.1. The maximum absolute atomic E-state index is 13.2. The Hall–Kier alpha value is -3.41. The van der Waals surface area contributed by atoms with Gasteiger partial charge in [0.2, 0.25) is 5.91 Å². The van der Waals surface area contributed by atoms with E-state index in [1.807, 2.05) is 0 Å². The third-order valence-electron chi connectivity index (χ3n) is 4.98. The fourth-order valence-corrected chi connectivity index (χ4v) is 4.07. The van der Waals surface area contributed by atoms with Gasteiger partial charge in [0.15, 0.2) is 10.8 Å². The Balaban J connectivity index is 1.43. The highest BCUT2D eigenvalue weighted by atomic mass is 32.2. The number of H-pyrrole nitrogens is 1. The molecule has 0 spiro atoms. The minimum absolute atomic E-state index is 0.0819. The SMILES string of the molecule is CCOC(=O)N1CCN(C(=O)CSc2nc3c(cnn3-c3ccc(F)cc3)c(=O)[nH]2)CC1. The number of aromatic amines is 1. The first-order valence-electron chi connectivity index (χ1n) is 10.0. The molecule has 0 unspecified atom stereocenters. The number of halogens is 1. The van der Waals surface area contributed by atoms with Crippen molar-refractivity contribution in [3.8, 4) is 5.69 Å². The Morgan fingerprint density at radius 1 is 1.16 bits per heavy atom. The first kappa shape index (κ1) is 21.8. The van der Waals surface area contributed by atoms with Crippen LogP contribution in [-0.2, 0) is 9.53 Å². The fourth-order valence-electron chi connectivity index (χ4n) is 3.31. The van der Waals surface area contributed by atoms with Crippen molar-refractivity contribution >= 4 is 34.8 Å². The number of fused-ring (bicyclic) bond motifs is 1. The number of hydrogen-bond donors (Lipinski definition) is 1. The maximum Gasteiger partial charge on any atom is 0.409 e. The molecular weight excluding hydrogens is 439 g/mol. The van der Waals surface area contributed by atoms with Crippen LogP contribution in [0, 0.1) is 5.82 Å². The minimum Gasteiger partial charge on any atom is -0.450 e. The molecule has 2 aromatic heterocycles. The summed E-state index contributed by atoms with van der Waals surface area (Å²) < 4.78 is 19.7. The molecule has 12 heteroatoms. The molecule has 1 aliphatic rings. The molecule has 0 aliphatic carbocycles. The normalized spacial score (nSPS) is 14.1. The van der Waals surface area contributed by atoms with E-state index in [0.29, 0.717) is 49.5 Å². The van der Waals surface area contributed by atoms with Crippen LogP contribution in [0.2, 0.25) is 0 Å². The van der Waals surface area contributed by atoms with Crippen molar-refractivity contribution in [2.45, 2.75) is 12.1 Å². The number of nitrogens with zero attached hydrogens (tertiary/aromatic N) is 5. The van der Waals surface area contributed by atoms with Gasteiger partial charge in [0.05, 0.1) is 24.2 Å². The van der Waals surface area contributed by atoms with Crippen molar-refractivity contribution in [2.24, 2.45) is 0 Å². The van der Waals surface area contributed by atoms with E-state index in [1.165, 1.54) is 35.1 Å². The highest BCUT2D eigenvalue weighted by Crippen LogP contribution is 2.19. The molecule has 168 valence electrons.